The fourth-order valence-corrected chi connectivity index (χ4v) is 1.72. The number of ether oxygens (including phenoxy) is 2. The largest absolute Gasteiger partial charge is 0.357 e. The van der Waals surface area contributed by atoms with Gasteiger partial charge in [-0.3, -0.25) is 0 Å². The van der Waals surface area contributed by atoms with Crippen molar-refractivity contribution in [3.63, 3.8) is 0 Å². The van der Waals surface area contributed by atoms with Gasteiger partial charge >= 0.3 is 0 Å². The van der Waals surface area contributed by atoms with E-state index < -0.39 is 0 Å². The first-order valence-corrected chi connectivity index (χ1v) is 7.20. The Morgan fingerprint density at radius 2 is 1.29 bits per heavy atom. The minimum atomic E-state index is 0.115. The molecule has 0 aliphatic carbocycles. The summed E-state index contributed by atoms with van der Waals surface area (Å²) in [6.45, 7) is 6.16. The molecule has 0 N–H and O–H groups in total. The normalized spacial score (nSPS) is 11.4. The number of rotatable bonds is 10. The van der Waals surface area contributed by atoms with Crippen LogP contribution in [-0.2, 0) is 9.47 Å². The quantitative estimate of drug-likeness (QED) is 0.317. The van der Waals surface area contributed by atoms with Gasteiger partial charge in [0, 0.05) is 13.2 Å². The Hall–Kier alpha value is 0.137. The van der Waals surface area contributed by atoms with Crippen LogP contribution in [0.4, 0.5) is 0 Å². The van der Waals surface area contributed by atoms with Crippen molar-refractivity contribution in [1.29, 1.82) is 0 Å². The minimum Gasteiger partial charge on any atom is -0.357 e. The number of hydrogen-bond acceptors (Lipinski definition) is 2. The summed E-state index contributed by atoms with van der Waals surface area (Å²) in [6, 6.07) is 0. The average Bonchev–Trinajstić information content (AvgIpc) is 2.19. The van der Waals surface area contributed by atoms with Gasteiger partial charge in [0.05, 0.1) is 10.2 Å². The van der Waals surface area contributed by atoms with Gasteiger partial charge in [-0.25, -0.2) is 0 Å². The number of unbranched alkanes of at least 4 members (excludes halogenated alkanes) is 4. The van der Waals surface area contributed by atoms with Gasteiger partial charge in [0.15, 0.2) is 0 Å². The van der Waals surface area contributed by atoms with Crippen molar-refractivity contribution >= 4 is 10.2 Å². The van der Waals surface area contributed by atoms with Crippen LogP contribution < -0.4 is 0 Å². The third kappa shape index (κ3) is 10.2. The van der Waals surface area contributed by atoms with Crippen molar-refractivity contribution in [2.75, 3.05) is 13.2 Å². The summed E-state index contributed by atoms with van der Waals surface area (Å²) >= 11 is 0. The van der Waals surface area contributed by atoms with E-state index in [-0.39, 0.29) is 5.91 Å². The summed E-state index contributed by atoms with van der Waals surface area (Å²) in [5.74, 6) is 0.115. The lowest BCUT2D eigenvalue weighted by molar-refractivity contribution is -0.0899. The van der Waals surface area contributed by atoms with Crippen molar-refractivity contribution in [3.8, 4) is 0 Å². The fraction of sp³-hybridized carbons (Fsp3) is 1.00. The van der Waals surface area contributed by atoms with Crippen LogP contribution in [0.2, 0.25) is 0 Å². The van der Waals surface area contributed by atoms with Crippen LogP contribution in [0, 0.1) is 0 Å². The van der Waals surface area contributed by atoms with Crippen molar-refractivity contribution in [3.05, 3.63) is 0 Å². The molecule has 0 saturated carbocycles. The monoisotopic (exact) mass is 218 g/mol. The molecular weight excluding hydrogens is 192 g/mol. The summed E-state index contributed by atoms with van der Waals surface area (Å²) in [5.41, 5.74) is 0. The summed E-state index contributed by atoms with van der Waals surface area (Å²) in [7, 11) is 0.981. The first-order valence-electron chi connectivity index (χ1n) is 6.04. The van der Waals surface area contributed by atoms with Gasteiger partial charge in [0.25, 0.3) is 0 Å². The lowest BCUT2D eigenvalue weighted by Gasteiger charge is -2.13. The standard InChI is InChI=1S/C11H26O2Si/c1-3-5-7-9-12-11(14)13-10-8-6-4-2/h11H,3-10H2,1-2,14H3. The van der Waals surface area contributed by atoms with Crippen LogP contribution in [0.1, 0.15) is 52.4 Å². The van der Waals surface area contributed by atoms with Crippen LogP contribution in [0.5, 0.6) is 0 Å². The van der Waals surface area contributed by atoms with E-state index in [0.29, 0.717) is 0 Å². The summed E-state index contributed by atoms with van der Waals surface area (Å²) in [4.78, 5) is 0. The van der Waals surface area contributed by atoms with E-state index in [9.17, 15) is 0 Å². The van der Waals surface area contributed by atoms with Crippen LogP contribution in [0.15, 0.2) is 0 Å². The highest BCUT2D eigenvalue weighted by molar-refractivity contribution is 6.10. The van der Waals surface area contributed by atoms with E-state index in [1.807, 2.05) is 0 Å². The van der Waals surface area contributed by atoms with E-state index >= 15 is 0 Å². The highest BCUT2D eigenvalue weighted by Gasteiger charge is 2.00. The Labute approximate surface area is 91.8 Å². The predicted octanol–water partition coefficient (Wildman–Crippen LogP) is 2.05. The SMILES string of the molecule is CCCCCOC([SiH3])OCCCCC. The van der Waals surface area contributed by atoms with E-state index in [0.717, 1.165) is 23.5 Å². The number of hydrogen-bond donors (Lipinski definition) is 0. The Kier molecular flexibility index (Phi) is 11.3. The van der Waals surface area contributed by atoms with E-state index in [4.69, 9.17) is 9.47 Å². The third-order valence-electron chi connectivity index (χ3n) is 2.20. The topological polar surface area (TPSA) is 18.5 Å². The zero-order valence-corrected chi connectivity index (χ0v) is 12.1. The van der Waals surface area contributed by atoms with Crippen LogP contribution in [-0.4, -0.2) is 29.4 Å². The summed E-state index contributed by atoms with van der Waals surface area (Å²) in [5, 5.41) is 0. The Bertz CT molecular complexity index is 97.5. The zero-order chi connectivity index (χ0) is 10.6. The van der Waals surface area contributed by atoms with E-state index in [1.165, 1.54) is 38.5 Å². The van der Waals surface area contributed by atoms with E-state index in [2.05, 4.69) is 13.8 Å². The molecule has 0 aliphatic heterocycles. The minimum absolute atomic E-state index is 0.115. The van der Waals surface area contributed by atoms with Crippen molar-refractivity contribution in [1.82, 2.24) is 0 Å². The first-order chi connectivity index (χ1) is 6.81. The van der Waals surface area contributed by atoms with Gasteiger partial charge in [-0.05, 0) is 12.8 Å². The van der Waals surface area contributed by atoms with Gasteiger partial charge in [-0.1, -0.05) is 39.5 Å². The molecule has 0 aromatic rings. The van der Waals surface area contributed by atoms with Crippen molar-refractivity contribution in [2.24, 2.45) is 0 Å². The molecule has 0 rings (SSSR count). The molecule has 0 radical (unpaired) electrons. The Morgan fingerprint density at radius 3 is 1.64 bits per heavy atom. The van der Waals surface area contributed by atoms with Crippen LogP contribution >= 0.6 is 0 Å². The highest BCUT2D eigenvalue weighted by Crippen LogP contribution is 1.99. The highest BCUT2D eigenvalue weighted by atomic mass is 28.1. The lowest BCUT2D eigenvalue weighted by Crippen LogP contribution is -2.18. The molecule has 0 fully saturated rings. The molecule has 0 atom stereocenters. The lowest BCUT2D eigenvalue weighted by atomic mass is 10.3. The Balaban J connectivity index is 3.07. The molecule has 2 nitrogen and oxygen atoms in total. The van der Waals surface area contributed by atoms with Gasteiger partial charge in [0.2, 0.25) is 0 Å². The summed E-state index contributed by atoms with van der Waals surface area (Å²) in [6.07, 6.45) is 7.40. The molecule has 0 saturated heterocycles. The maximum atomic E-state index is 5.56. The van der Waals surface area contributed by atoms with Gasteiger partial charge < -0.3 is 9.47 Å². The van der Waals surface area contributed by atoms with Crippen LogP contribution in [0.3, 0.4) is 0 Å². The smallest absolute Gasteiger partial charge is 0.131 e. The third-order valence-corrected chi connectivity index (χ3v) is 2.87. The van der Waals surface area contributed by atoms with Gasteiger partial charge in [-0.15, -0.1) is 0 Å². The molecule has 0 amide bonds. The maximum absolute atomic E-state index is 5.56. The second-order valence-corrected chi connectivity index (χ2v) is 4.67. The molecule has 0 bridgehead atoms. The molecule has 0 unspecified atom stereocenters. The summed E-state index contributed by atoms with van der Waals surface area (Å²) < 4.78 is 11.1. The molecule has 3 heteroatoms. The van der Waals surface area contributed by atoms with E-state index in [1.54, 1.807) is 0 Å². The van der Waals surface area contributed by atoms with Crippen molar-refractivity contribution < 1.29 is 9.47 Å². The molecule has 0 aliphatic rings. The first kappa shape index (κ1) is 14.1. The van der Waals surface area contributed by atoms with Gasteiger partial charge in [-0.2, -0.15) is 0 Å². The second kappa shape index (κ2) is 11.2. The second-order valence-electron chi connectivity index (χ2n) is 3.72. The molecule has 0 spiro atoms. The molecule has 14 heavy (non-hydrogen) atoms. The molecule has 0 heterocycles. The molecular formula is C11H26O2Si. The molecule has 0 aromatic carbocycles. The fourth-order valence-electron chi connectivity index (χ4n) is 1.25. The van der Waals surface area contributed by atoms with Gasteiger partial charge in [0.1, 0.15) is 5.91 Å². The Morgan fingerprint density at radius 1 is 0.857 bits per heavy atom. The molecule has 86 valence electrons. The van der Waals surface area contributed by atoms with Crippen LogP contribution in [0.25, 0.3) is 0 Å². The predicted molar refractivity (Wildman–Crippen MR) is 64.7 cm³/mol. The molecule has 0 aromatic heterocycles. The maximum Gasteiger partial charge on any atom is 0.131 e. The van der Waals surface area contributed by atoms with Crippen molar-refractivity contribution in [2.45, 2.75) is 58.3 Å². The zero-order valence-electron chi connectivity index (χ0n) is 10.1. The average molecular weight is 218 g/mol.